The van der Waals surface area contributed by atoms with Gasteiger partial charge in [0.05, 0.1) is 0 Å². The van der Waals surface area contributed by atoms with Crippen molar-refractivity contribution in [3.05, 3.63) is 0 Å². The summed E-state index contributed by atoms with van der Waals surface area (Å²) >= 11 is 0. The maximum atomic E-state index is 13.3. The van der Waals surface area contributed by atoms with E-state index in [2.05, 4.69) is 0 Å². The van der Waals surface area contributed by atoms with Crippen molar-refractivity contribution in [1.29, 1.82) is 0 Å². The third-order valence-electron chi connectivity index (χ3n) is 3.59. The summed E-state index contributed by atoms with van der Waals surface area (Å²) in [5, 5.41) is 0. The first kappa shape index (κ1) is 26.9. The largest absolute Gasteiger partial charge is 0.460 e. The van der Waals surface area contributed by atoms with Gasteiger partial charge in [-0.2, -0.15) is 65.9 Å². The maximum absolute atomic E-state index is 13.3. The first-order chi connectivity index (χ1) is 12.1. The van der Waals surface area contributed by atoms with E-state index in [-0.39, 0.29) is 13.0 Å². The van der Waals surface area contributed by atoms with Gasteiger partial charge in [-0.05, 0) is 19.4 Å². The highest BCUT2D eigenvalue weighted by molar-refractivity contribution is 5.12. The van der Waals surface area contributed by atoms with Crippen molar-refractivity contribution in [3.63, 3.8) is 0 Å². The fourth-order valence-corrected chi connectivity index (χ4v) is 1.82. The quantitative estimate of drug-likeness (QED) is 0.323. The summed E-state index contributed by atoms with van der Waals surface area (Å²) in [6, 6.07) is 0. The van der Waals surface area contributed by atoms with Crippen LogP contribution in [0.3, 0.4) is 0 Å². The fraction of sp³-hybridized carbons (Fsp3) is 1.00. The van der Waals surface area contributed by atoms with Gasteiger partial charge < -0.3 is 5.73 Å². The van der Waals surface area contributed by atoms with E-state index in [4.69, 9.17) is 5.73 Å². The summed E-state index contributed by atoms with van der Waals surface area (Å²) in [4.78, 5) is 0. The molecule has 0 saturated heterocycles. The van der Waals surface area contributed by atoms with Crippen molar-refractivity contribution in [2.75, 3.05) is 6.54 Å². The summed E-state index contributed by atoms with van der Waals surface area (Å²) in [5.41, 5.74) is 4.91. The van der Waals surface area contributed by atoms with Crippen molar-refractivity contribution in [2.45, 2.75) is 67.4 Å². The van der Waals surface area contributed by atoms with Crippen LogP contribution >= 0.6 is 0 Å². The third kappa shape index (κ3) is 3.97. The maximum Gasteiger partial charge on any atom is 0.460 e. The highest BCUT2D eigenvalue weighted by Crippen LogP contribution is 2.62. The van der Waals surface area contributed by atoms with Crippen molar-refractivity contribution in [1.82, 2.24) is 0 Å². The molecule has 0 aromatic carbocycles. The normalized spacial score (nSPS) is 15.9. The molecule has 0 spiro atoms. The van der Waals surface area contributed by atoms with Gasteiger partial charge in [0.1, 0.15) is 0 Å². The van der Waals surface area contributed by atoms with E-state index in [1.54, 1.807) is 0 Å². The molecule has 0 saturated carbocycles. The second-order valence-corrected chi connectivity index (χ2v) is 5.67. The summed E-state index contributed by atoms with van der Waals surface area (Å²) in [6.07, 6.45) is -11.4. The minimum Gasteiger partial charge on any atom is -0.330 e. The van der Waals surface area contributed by atoms with Crippen LogP contribution in [0.15, 0.2) is 0 Å². The van der Waals surface area contributed by atoms with Gasteiger partial charge in [-0.1, -0.05) is 6.42 Å². The van der Waals surface area contributed by atoms with Gasteiger partial charge in [0.25, 0.3) is 0 Å². The summed E-state index contributed by atoms with van der Waals surface area (Å²) < 4.78 is 193. The molecule has 0 rings (SSSR count). The van der Waals surface area contributed by atoms with E-state index < -0.39 is 61.0 Å². The molecule has 1 nitrogen and oxygen atoms in total. The average Bonchev–Trinajstić information content (AvgIpc) is 2.49. The van der Waals surface area contributed by atoms with Crippen LogP contribution in [0.25, 0.3) is 0 Å². The molecule has 2 N–H and O–H groups in total. The van der Waals surface area contributed by atoms with E-state index in [0.717, 1.165) is 0 Å². The highest BCUT2D eigenvalue weighted by Gasteiger charge is 2.93. The first-order valence-corrected chi connectivity index (χ1v) is 7.10. The molecule has 0 aromatic heterocycles. The minimum absolute atomic E-state index is 0.107. The lowest BCUT2D eigenvalue weighted by Crippen LogP contribution is -2.72. The molecule has 0 aliphatic carbocycles. The number of halogens is 15. The molecule has 0 aromatic rings. The van der Waals surface area contributed by atoms with Crippen LogP contribution in [0.5, 0.6) is 0 Å². The number of rotatable bonds is 10. The van der Waals surface area contributed by atoms with E-state index in [1.165, 1.54) is 0 Å². The molecule has 0 aliphatic heterocycles. The molecule has 0 fully saturated rings. The van der Waals surface area contributed by atoms with Crippen molar-refractivity contribution in [2.24, 2.45) is 5.73 Å². The van der Waals surface area contributed by atoms with E-state index in [9.17, 15) is 65.9 Å². The highest BCUT2D eigenvalue weighted by atomic mass is 19.4. The minimum atomic E-state index is -8.22. The third-order valence-corrected chi connectivity index (χ3v) is 3.59. The number of hydrogen-bond acceptors (Lipinski definition) is 1. The SMILES string of the molecule is NCCCCCC(F)(F)C(F)(F)C(F)(F)C(F)(F)C(F)(F)C(F)(F)C(F)(F)F. The fourth-order valence-electron chi connectivity index (χ4n) is 1.82. The van der Waals surface area contributed by atoms with Gasteiger partial charge in [-0.3, -0.25) is 0 Å². The zero-order valence-electron chi connectivity index (χ0n) is 13.3. The Morgan fingerprint density at radius 2 is 0.786 bits per heavy atom. The van der Waals surface area contributed by atoms with Gasteiger partial charge in [0, 0.05) is 6.42 Å². The van der Waals surface area contributed by atoms with Gasteiger partial charge >= 0.3 is 41.7 Å². The standard InChI is InChI=1S/C12H12F15N/c13-6(14,4-2-1-3-5-28)7(15,16)8(17,18)9(19,20)10(21,22)11(23,24)12(25,26)27/h1-5,28H2. The Morgan fingerprint density at radius 3 is 1.14 bits per heavy atom. The van der Waals surface area contributed by atoms with Crippen LogP contribution < -0.4 is 5.73 Å². The molecule has 0 bridgehead atoms. The molecule has 28 heavy (non-hydrogen) atoms. The van der Waals surface area contributed by atoms with Gasteiger partial charge in [0.15, 0.2) is 0 Å². The Bertz CT molecular complexity index is 522. The zero-order valence-corrected chi connectivity index (χ0v) is 13.3. The monoisotopic (exact) mass is 455 g/mol. The Hall–Kier alpha value is -1.09. The molecule has 0 radical (unpaired) electrons. The molecule has 0 heterocycles. The predicted octanol–water partition coefficient (Wildman–Crippen LogP) is 5.88. The molecule has 0 unspecified atom stereocenters. The van der Waals surface area contributed by atoms with Crippen LogP contribution in [0, 0.1) is 0 Å². The van der Waals surface area contributed by atoms with Crippen molar-refractivity contribution >= 4 is 0 Å². The van der Waals surface area contributed by atoms with Crippen LogP contribution in [0.1, 0.15) is 25.7 Å². The Labute approximate surface area is 147 Å². The Morgan fingerprint density at radius 1 is 0.429 bits per heavy atom. The van der Waals surface area contributed by atoms with Gasteiger partial charge in [-0.25, -0.2) is 0 Å². The summed E-state index contributed by atoms with van der Waals surface area (Å²) in [5.74, 6) is -45.9. The molecule has 0 amide bonds. The molecular weight excluding hydrogens is 443 g/mol. The van der Waals surface area contributed by atoms with E-state index in [0.29, 0.717) is 0 Å². The van der Waals surface area contributed by atoms with Crippen LogP contribution in [-0.2, 0) is 0 Å². The lowest BCUT2D eigenvalue weighted by molar-refractivity contribution is -0.452. The number of alkyl halides is 15. The lowest BCUT2D eigenvalue weighted by Gasteiger charge is -2.41. The predicted molar refractivity (Wildman–Crippen MR) is 63.3 cm³/mol. The second kappa shape index (κ2) is 7.63. The Balaban J connectivity index is 6.10. The average molecular weight is 455 g/mol. The number of hydrogen-bond donors (Lipinski definition) is 1. The van der Waals surface area contributed by atoms with E-state index >= 15 is 0 Å². The molecule has 0 atom stereocenters. The smallest absolute Gasteiger partial charge is 0.330 e. The van der Waals surface area contributed by atoms with Crippen LogP contribution in [-0.4, -0.2) is 48.3 Å². The van der Waals surface area contributed by atoms with Crippen LogP contribution in [0.4, 0.5) is 65.9 Å². The van der Waals surface area contributed by atoms with Gasteiger partial charge in [-0.15, -0.1) is 0 Å². The summed E-state index contributed by atoms with van der Waals surface area (Å²) in [6.45, 7) is -0.172. The van der Waals surface area contributed by atoms with Crippen molar-refractivity contribution < 1.29 is 65.9 Å². The summed E-state index contributed by atoms with van der Waals surface area (Å²) in [7, 11) is 0. The topological polar surface area (TPSA) is 26.0 Å². The molecular formula is C12H12F15N. The number of nitrogens with two attached hydrogens (primary N) is 1. The Kier molecular flexibility index (Phi) is 7.33. The molecule has 0 aliphatic rings. The van der Waals surface area contributed by atoms with Gasteiger partial charge in [0.2, 0.25) is 0 Å². The zero-order chi connectivity index (χ0) is 23.0. The number of unbranched alkanes of at least 4 members (excludes halogenated alkanes) is 2. The second-order valence-electron chi connectivity index (χ2n) is 5.67. The van der Waals surface area contributed by atoms with E-state index in [1.807, 2.05) is 0 Å². The first-order valence-electron chi connectivity index (χ1n) is 7.10. The molecule has 170 valence electrons. The van der Waals surface area contributed by atoms with Crippen molar-refractivity contribution in [3.8, 4) is 0 Å². The lowest BCUT2D eigenvalue weighted by atomic mass is 9.89. The molecule has 16 heteroatoms. The van der Waals surface area contributed by atoms with Crippen LogP contribution in [0.2, 0.25) is 0 Å².